The van der Waals surface area contributed by atoms with Crippen LogP contribution in [-0.2, 0) is 14.0 Å². The van der Waals surface area contributed by atoms with Crippen LogP contribution >= 0.6 is 0 Å². The summed E-state index contributed by atoms with van der Waals surface area (Å²) >= 11 is 0. The average molecular weight is 301 g/mol. The molecule has 1 aliphatic rings. The van der Waals surface area contributed by atoms with Gasteiger partial charge in [0.2, 0.25) is 0 Å². The Bertz CT molecular complexity index is 336. The molecule has 0 heterocycles. The van der Waals surface area contributed by atoms with Gasteiger partial charge in [-0.3, -0.25) is 4.79 Å². The van der Waals surface area contributed by atoms with E-state index in [2.05, 4.69) is 33.9 Å². The number of hydrogen-bond donors (Lipinski definition) is 0. The van der Waals surface area contributed by atoms with Gasteiger partial charge in [0, 0.05) is 6.10 Å². The van der Waals surface area contributed by atoms with Crippen molar-refractivity contribution in [3.8, 4) is 0 Å². The molecule has 20 heavy (non-hydrogen) atoms. The first kappa shape index (κ1) is 17.7. The van der Waals surface area contributed by atoms with Gasteiger partial charge < -0.3 is 9.16 Å². The first-order valence-corrected chi connectivity index (χ1v) is 10.8. The van der Waals surface area contributed by atoms with Crippen molar-refractivity contribution < 1.29 is 14.0 Å². The summed E-state index contributed by atoms with van der Waals surface area (Å²) in [7, 11) is -1.70. The molecular weight excluding hydrogens is 268 g/mol. The van der Waals surface area contributed by atoms with Crippen LogP contribution in [0.25, 0.3) is 0 Å². The van der Waals surface area contributed by atoms with Crippen LogP contribution in [0.2, 0.25) is 18.1 Å². The molecule has 1 saturated carbocycles. The monoisotopic (exact) mass is 300 g/mol. The summed E-state index contributed by atoms with van der Waals surface area (Å²) in [5, 5.41) is 0.245. The van der Waals surface area contributed by atoms with Gasteiger partial charge in [0.1, 0.15) is 0 Å². The third-order valence-electron chi connectivity index (χ3n) is 5.07. The standard InChI is InChI=1S/C16H32O3Si/c1-8-18-14(17)16(5)11-9-13(10-12-16)19-20(6,7)15(2,3)4/h13H,8-12H2,1-7H3. The summed E-state index contributed by atoms with van der Waals surface area (Å²) < 4.78 is 11.7. The summed E-state index contributed by atoms with van der Waals surface area (Å²) in [6, 6.07) is 0. The Morgan fingerprint density at radius 2 is 1.75 bits per heavy atom. The molecule has 0 bridgehead atoms. The zero-order valence-electron chi connectivity index (χ0n) is 14.3. The van der Waals surface area contributed by atoms with E-state index in [0.717, 1.165) is 25.7 Å². The van der Waals surface area contributed by atoms with Crippen molar-refractivity contribution in [2.24, 2.45) is 5.41 Å². The molecule has 0 aliphatic heterocycles. The van der Waals surface area contributed by atoms with E-state index in [1.54, 1.807) is 0 Å². The molecule has 4 heteroatoms. The highest BCUT2D eigenvalue weighted by atomic mass is 28.4. The van der Waals surface area contributed by atoms with Crippen LogP contribution < -0.4 is 0 Å². The molecule has 1 fully saturated rings. The quantitative estimate of drug-likeness (QED) is 0.565. The molecule has 0 atom stereocenters. The fourth-order valence-corrected chi connectivity index (χ4v) is 3.87. The lowest BCUT2D eigenvalue weighted by Gasteiger charge is -2.42. The van der Waals surface area contributed by atoms with E-state index in [9.17, 15) is 4.79 Å². The van der Waals surface area contributed by atoms with Crippen LogP contribution in [0.1, 0.15) is 60.3 Å². The Morgan fingerprint density at radius 1 is 1.25 bits per heavy atom. The molecule has 0 aromatic carbocycles. The minimum Gasteiger partial charge on any atom is -0.466 e. The molecule has 1 rings (SSSR count). The fourth-order valence-electron chi connectivity index (χ4n) is 2.45. The molecule has 3 nitrogen and oxygen atoms in total. The number of ether oxygens (including phenoxy) is 1. The van der Waals surface area contributed by atoms with Gasteiger partial charge in [0.05, 0.1) is 12.0 Å². The zero-order valence-corrected chi connectivity index (χ0v) is 15.3. The molecule has 0 saturated heterocycles. The second-order valence-corrected chi connectivity index (χ2v) is 12.6. The van der Waals surface area contributed by atoms with Gasteiger partial charge in [-0.05, 0) is 57.7 Å². The lowest BCUT2D eigenvalue weighted by molar-refractivity contribution is -0.157. The minimum absolute atomic E-state index is 0.0363. The van der Waals surface area contributed by atoms with Crippen molar-refractivity contribution in [1.29, 1.82) is 0 Å². The maximum Gasteiger partial charge on any atom is 0.311 e. The lowest BCUT2D eigenvalue weighted by Crippen LogP contribution is -2.46. The molecule has 0 aromatic heterocycles. The fraction of sp³-hybridized carbons (Fsp3) is 0.938. The van der Waals surface area contributed by atoms with Crippen molar-refractivity contribution in [1.82, 2.24) is 0 Å². The molecule has 118 valence electrons. The Kier molecular flexibility index (Phi) is 5.47. The third-order valence-corrected chi connectivity index (χ3v) is 9.61. The predicted molar refractivity (Wildman–Crippen MR) is 85.3 cm³/mol. The van der Waals surface area contributed by atoms with Gasteiger partial charge in [0.15, 0.2) is 8.32 Å². The van der Waals surface area contributed by atoms with Crippen molar-refractivity contribution >= 4 is 14.3 Å². The first-order valence-electron chi connectivity index (χ1n) is 7.87. The van der Waals surface area contributed by atoms with E-state index in [0.29, 0.717) is 12.7 Å². The van der Waals surface area contributed by atoms with Gasteiger partial charge in [-0.25, -0.2) is 0 Å². The van der Waals surface area contributed by atoms with Gasteiger partial charge in [-0.15, -0.1) is 0 Å². The van der Waals surface area contributed by atoms with Crippen molar-refractivity contribution in [2.45, 2.75) is 84.5 Å². The van der Waals surface area contributed by atoms with Crippen molar-refractivity contribution in [2.75, 3.05) is 6.61 Å². The molecule has 0 aromatic rings. The zero-order chi connectivity index (χ0) is 15.6. The summed E-state index contributed by atoms with van der Waals surface area (Å²) in [5.41, 5.74) is -0.302. The van der Waals surface area contributed by atoms with Gasteiger partial charge in [-0.2, -0.15) is 0 Å². The minimum atomic E-state index is -1.70. The molecule has 0 unspecified atom stereocenters. The lowest BCUT2D eigenvalue weighted by atomic mass is 9.75. The summed E-state index contributed by atoms with van der Waals surface area (Å²) in [5.74, 6) is -0.0363. The molecule has 0 radical (unpaired) electrons. The van der Waals surface area contributed by atoms with Crippen LogP contribution in [0.15, 0.2) is 0 Å². The van der Waals surface area contributed by atoms with E-state index in [-0.39, 0.29) is 16.4 Å². The number of hydrogen-bond acceptors (Lipinski definition) is 3. The summed E-state index contributed by atoms with van der Waals surface area (Å²) in [6.45, 7) is 15.8. The highest BCUT2D eigenvalue weighted by molar-refractivity contribution is 6.74. The molecule has 0 amide bonds. The topological polar surface area (TPSA) is 35.5 Å². The van der Waals surface area contributed by atoms with Gasteiger partial charge in [0.25, 0.3) is 0 Å². The smallest absolute Gasteiger partial charge is 0.311 e. The molecular formula is C16H32O3Si. The van der Waals surface area contributed by atoms with Gasteiger partial charge in [-0.1, -0.05) is 20.8 Å². The number of carbonyl (C=O) groups excluding carboxylic acids is 1. The molecule has 0 spiro atoms. The van der Waals surface area contributed by atoms with Crippen molar-refractivity contribution in [3.63, 3.8) is 0 Å². The van der Waals surface area contributed by atoms with Crippen LogP contribution in [0.5, 0.6) is 0 Å². The maximum atomic E-state index is 12.0. The van der Waals surface area contributed by atoms with Gasteiger partial charge >= 0.3 is 5.97 Å². The number of carbonyl (C=O) groups is 1. The van der Waals surface area contributed by atoms with Crippen LogP contribution in [0, 0.1) is 5.41 Å². The Hall–Kier alpha value is -0.353. The normalized spacial score (nSPS) is 28.2. The predicted octanol–water partition coefficient (Wildman–Crippen LogP) is 4.52. The third kappa shape index (κ3) is 4.07. The largest absolute Gasteiger partial charge is 0.466 e. The summed E-state index contributed by atoms with van der Waals surface area (Å²) in [4.78, 5) is 12.0. The first-order chi connectivity index (χ1) is 9.02. The number of rotatable bonds is 4. The average Bonchev–Trinajstić information content (AvgIpc) is 2.31. The Morgan fingerprint density at radius 3 is 2.15 bits per heavy atom. The second kappa shape index (κ2) is 6.18. The maximum absolute atomic E-state index is 12.0. The molecule has 1 aliphatic carbocycles. The van der Waals surface area contributed by atoms with Crippen molar-refractivity contribution in [3.05, 3.63) is 0 Å². The number of esters is 1. The second-order valence-electron chi connectivity index (χ2n) is 7.86. The van der Waals surface area contributed by atoms with E-state index in [4.69, 9.17) is 9.16 Å². The van der Waals surface area contributed by atoms with E-state index >= 15 is 0 Å². The van der Waals surface area contributed by atoms with E-state index in [1.165, 1.54) is 0 Å². The van der Waals surface area contributed by atoms with Crippen LogP contribution in [0.3, 0.4) is 0 Å². The SMILES string of the molecule is CCOC(=O)C1(C)CCC(O[Si](C)(C)C(C)(C)C)CC1. The highest BCUT2D eigenvalue weighted by Crippen LogP contribution is 2.42. The van der Waals surface area contributed by atoms with Crippen LogP contribution in [0.4, 0.5) is 0 Å². The Labute approximate surface area is 125 Å². The highest BCUT2D eigenvalue weighted by Gasteiger charge is 2.43. The van der Waals surface area contributed by atoms with E-state index in [1.807, 2.05) is 13.8 Å². The van der Waals surface area contributed by atoms with Crippen LogP contribution in [-0.4, -0.2) is 27.0 Å². The van der Waals surface area contributed by atoms with E-state index < -0.39 is 8.32 Å². The Balaban J connectivity index is 2.57. The summed E-state index contributed by atoms with van der Waals surface area (Å²) in [6.07, 6.45) is 4.03. The molecule has 0 N–H and O–H groups in total.